The molecule has 2 rings (SSSR count). The molecular formula is C16H13N3O3S. The Labute approximate surface area is 135 Å². The fourth-order valence-electron chi connectivity index (χ4n) is 2.37. The highest BCUT2D eigenvalue weighted by Gasteiger charge is 2.21. The van der Waals surface area contributed by atoms with Gasteiger partial charge in [-0.15, -0.1) is 0 Å². The van der Waals surface area contributed by atoms with E-state index in [-0.39, 0.29) is 10.7 Å². The fourth-order valence-corrected chi connectivity index (χ4v) is 2.89. The van der Waals surface area contributed by atoms with E-state index in [0.29, 0.717) is 11.3 Å². The smallest absolute Gasteiger partial charge is 0.319 e. The molecule has 0 atom stereocenters. The molecule has 0 fully saturated rings. The van der Waals surface area contributed by atoms with Crippen LogP contribution < -0.4 is 4.90 Å². The van der Waals surface area contributed by atoms with Gasteiger partial charge in [-0.1, -0.05) is 6.07 Å². The molecule has 0 amide bonds. The van der Waals surface area contributed by atoms with Crippen molar-refractivity contribution in [2.45, 2.75) is 18.7 Å². The first-order chi connectivity index (χ1) is 10.8. The van der Waals surface area contributed by atoms with Crippen LogP contribution in [-0.4, -0.2) is 13.0 Å². The molecule has 0 aliphatic carbocycles. The lowest BCUT2D eigenvalue weighted by Crippen LogP contribution is -2.21. The van der Waals surface area contributed by atoms with E-state index in [1.165, 1.54) is 18.2 Å². The zero-order chi connectivity index (χ0) is 17.2. The summed E-state index contributed by atoms with van der Waals surface area (Å²) in [7, 11) is -4.29. The number of hydrogen-bond donors (Lipinski definition) is 1. The van der Waals surface area contributed by atoms with Crippen molar-refractivity contribution in [3.8, 4) is 0 Å². The Hall–Kier alpha value is -2.87. The van der Waals surface area contributed by atoms with Crippen molar-refractivity contribution >= 4 is 15.8 Å². The third-order valence-electron chi connectivity index (χ3n) is 3.28. The van der Waals surface area contributed by atoms with Crippen molar-refractivity contribution in [3.63, 3.8) is 0 Å². The number of rotatable bonds is 2. The van der Waals surface area contributed by atoms with Crippen molar-refractivity contribution in [2.75, 3.05) is 4.90 Å². The first-order valence-electron chi connectivity index (χ1n) is 6.51. The molecule has 1 N–H and O–H groups in total. The predicted molar refractivity (Wildman–Crippen MR) is 86.5 cm³/mol. The summed E-state index contributed by atoms with van der Waals surface area (Å²) in [4.78, 5) is 7.98. The minimum absolute atomic E-state index is 0.0185. The highest BCUT2D eigenvalue weighted by molar-refractivity contribution is 7.85. The largest absolute Gasteiger partial charge is 0.526 e. The number of hydrogen-bond acceptors (Lipinski definition) is 3. The van der Waals surface area contributed by atoms with Crippen LogP contribution in [0.3, 0.4) is 0 Å². The number of nitrogens with zero attached hydrogens (tertiary/aromatic N) is 3. The molecule has 23 heavy (non-hydrogen) atoms. The van der Waals surface area contributed by atoms with Crippen LogP contribution in [0, 0.1) is 13.1 Å². The van der Waals surface area contributed by atoms with E-state index in [1.807, 2.05) is 0 Å². The first-order valence-corrected chi connectivity index (χ1v) is 7.95. The molecule has 1 aromatic rings. The van der Waals surface area contributed by atoms with Gasteiger partial charge in [-0.25, -0.2) is 0 Å². The zero-order valence-electron chi connectivity index (χ0n) is 12.5. The monoisotopic (exact) mass is 327 g/mol. The summed E-state index contributed by atoms with van der Waals surface area (Å²) in [6.07, 6.45) is 3.39. The molecule has 0 spiro atoms. The highest BCUT2D eigenvalue weighted by Crippen LogP contribution is 2.32. The van der Waals surface area contributed by atoms with Gasteiger partial charge in [0.2, 0.25) is 0 Å². The lowest BCUT2D eigenvalue weighted by molar-refractivity contribution is 0.483. The Balaban J connectivity index is 2.55. The Morgan fingerprint density at radius 1 is 1.13 bits per heavy atom. The highest BCUT2D eigenvalue weighted by atomic mass is 32.2. The Morgan fingerprint density at radius 2 is 1.70 bits per heavy atom. The van der Waals surface area contributed by atoms with Gasteiger partial charge in [0.15, 0.2) is 0 Å². The van der Waals surface area contributed by atoms with Crippen LogP contribution in [-0.2, 0) is 10.1 Å². The average Bonchev–Trinajstić information content (AvgIpc) is 2.47. The van der Waals surface area contributed by atoms with Gasteiger partial charge in [-0.05, 0) is 44.2 Å². The van der Waals surface area contributed by atoms with Crippen LogP contribution in [0.5, 0.6) is 0 Å². The Morgan fingerprint density at radius 3 is 2.17 bits per heavy atom. The second-order valence-corrected chi connectivity index (χ2v) is 6.30. The quantitative estimate of drug-likeness (QED) is 0.665. The fraction of sp³-hybridized carbons (Fsp3) is 0.125. The third-order valence-corrected chi connectivity index (χ3v) is 4.13. The average molecular weight is 327 g/mol. The lowest BCUT2D eigenvalue weighted by Gasteiger charge is -2.29. The second kappa shape index (κ2) is 6.09. The predicted octanol–water partition coefficient (Wildman–Crippen LogP) is 3.61. The van der Waals surface area contributed by atoms with Crippen LogP contribution in [0.15, 0.2) is 64.1 Å². The standard InChI is InChI=1S/C16H13N3O3S/c1-11-8-13(16(17-3)18-4)9-12(2)19(11)14-6-5-7-15(10-14)23(20,21)22/h5-10H,1-2H3,(H,20,21,22). The molecule has 0 saturated heterocycles. The minimum atomic E-state index is -4.29. The maximum atomic E-state index is 11.3. The van der Waals surface area contributed by atoms with E-state index in [1.54, 1.807) is 37.0 Å². The Bertz CT molecular complexity index is 904. The summed E-state index contributed by atoms with van der Waals surface area (Å²) < 4.78 is 31.7. The summed E-state index contributed by atoms with van der Waals surface area (Å²) in [6, 6.07) is 5.92. The maximum Gasteiger partial charge on any atom is 0.526 e. The van der Waals surface area contributed by atoms with E-state index < -0.39 is 10.1 Å². The first kappa shape index (κ1) is 16.5. The third kappa shape index (κ3) is 3.32. The normalized spacial score (nSPS) is 14.5. The minimum Gasteiger partial charge on any atom is -0.319 e. The van der Waals surface area contributed by atoms with Gasteiger partial charge in [-0.3, -0.25) is 4.55 Å². The Kier molecular flexibility index (Phi) is 4.37. The van der Waals surface area contributed by atoms with Gasteiger partial charge in [0, 0.05) is 17.1 Å². The molecular weight excluding hydrogens is 314 g/mol. The summed E-state index contributed by atoms with van der Waals surface area (Å²) >= 11 is 0. The van der Waals surface area contributed by atoms with E-state index in [9.17, 15) is 13.0 Å². The topological polar surface area (TPSA) is 66.3 Å². The number of benzene rings is 1. The van der Waals surface area contributed by atoms with E-state index in [4.69, 9.17) is 13.1 Å². The molecule has 0 saturated carbocycles. The molecule has 1 aliphatic heterocycles. The summed E-state index contributed by atoms with van der Waals surface area (Å²) in [5.41, 5.74) is 2.55. The molecule has 116 valence electrons. The van der Waals surface area contributed by atoms with Crippen molar-refractivity contribution in [1.82, 2.24) is 0 Å². The van der Waals surface area contributed by atoms with Gasteiger partial charge in [0.05, 0.1) is 10.5 Å². The van der Waals surface area contributed by atoms with Gasteiger partial charge in [0.25, 0.3) is 10.1 Å². The van der Waals surface area contributed by atoms with Gasteiger partial charge in [-0.2, -0.15) is 18.1 Å². The van der Waals surface area contributed by atoms with E-state index in [2.05, 4.69) is 9.69 Å². The number of anilines is 1. The zero-order valence-corrected chi connectivity index (χ0v) is 13.3. The molecule has 0 bridgehead atoms. The molecule has 0 unspecified atom stereocenters. The summed E-state index contributed by atoms with van der Waals surface area (Å²) in [5.74, 6) is -0.0185. The van der Waals surface area contributed by atoms with E-state index >= 15 is 0 Å². The van der Waals surface area contributed by atoms with Crippen LogP contribution in [0.2, 0.25) is 0 Å². The lowest BCUT2D eigenvalue weighted by atomic mass is 10.1. The maximum absolute atomic E-state index is 11.3. The molecule has 1 aliphatic rings. The van der Waals surface area contributed by atoms with E-state index in [0.717, 1.165) is 11.4 Å². The molecule has 1 heterocycles. The van der Waals surface area contributed by atoms with Gasteiger partial charge in [0.1, 0.15) is 13.1 Å². The SMILES string of the molecule is [C-]#[N+]C([N+]#[C-])=C1C=C(C)N(c2cccc(S(=O)(=O)O)c2)C(C)=C1. The van der Waals surface area contributed by atoms with Gasteiger partial charge < -0.3 is 4.90 Å². The van der Waals surface area contributed by atoms with Gasteiger partial charge >= 0.3 is 5.82 Å². The molecule has 0 aromatic heterocycles. The summed E-state index contributed by atoms with van der Waals surface area (Å²) in [6.45, 7) is 17.6. The summed E-state index contributed by atoms with van der Waals surface area (Å²) in [5, 5.41) is 0. The molecule has 0 radical (unpaired) electrons. The molecule has 7 heteroatoms. The van der Waals surface area contributed by atoms with Crippen LogP contribution in [0.1, 0.15) is 13.8 Å². The molecule has 6 nitrogen and oxygen atoms in total. The van der Waals surface area contributed by atoms with Crippen molar-refractivity contribution in [2.24, 2.45) is 0 Å². The molecule has 1 aromatic carbocycles. The van der Waals surface area contributed by atoms with Crippen LogP contribution in [0.25, 0.3) is 9.69 Å². The van der Waals surface area contributed by atoms with Crippen molar-refractivity contribution in [3.05, 3.63) is 82.0 Å². The van der Waals surface area contributed by atoms with Crippen LogP contribution >= 0.6 is 0 Å². The van der Waals surface area contributed by atoms with Crippen molar-refractivity contribution in [1.29, 1.82) is 0 Å². The second-order valence-electron chi connectivity index (χ2n) is 4.88. The van der Waals surface area contributed by atoms with Crippen LogP contribution in [0.4, 0.5) is 5.69 Å². The van der Waals surface area contributed by atoms with Crippen molar-refractivity contribution < 1.29 is 13.0 Å². The number of allylic oxidation sites excluding steroid dienone is 5.